The predicted molar refractivity (Wildman–Crippen MR) is 119 cm³/mol. The first-order valence-corrected chi connectivity index (χ1v) is 10.6. The molecule has 2 N–H and O–H groups in total. The van der Waals surface area contributed by atoms with Crippen molar-refractivity contribution in [2.24, 2.45) is 0 Å². The smallest absolute Gasteiger partial charge is 0.254 e. The average molecular weight is 454 g/mol. The van der Waals surface area contributed by atoms with Crippen LogP contribution in [-0.2, 0) is 9.59 Å². The number of carbonyl (C=O) groups is 2. The fraction of sp³-hybridized carbons (Fsp3) is 0.280. The van der Waals surface area contributed by atoms with Gasteiger partial charge in [-0.3, -0.25) is 9.59 Å². The van der Waals surface area contributed by atoms with Gasteiger partial charge in [0.25, 0.3) is 5.91 Å². The molecule has 0 saturated carbocycles. The number of Topliss-reactive ketones (excluding diaryl/α,β-unsaturated/α-hetero) is 1. The van der Waals surface area contributed by atoms with E-state index in [1.54, 1.807) is 25.1 Å². The highest BCUT2D eigenvalue weighted by Gasteiger charge is 2.40. The van der Waals surface area contributed by atoms with Crippen molar-refractivity contribution in [3.63, 3.8) is 0 Å². The minimum absolute atomic E-state index is 0.0580. The fourth-order valence-electron chi connectivity index (χ4n) is 4.43. The second-order valence-electron chi connectivity index (χ2n) is 7.95. The Hall–Kier alpha value is -3.68. The van der Waals surface area contributed by atoms with Crippen LogP contribution in [0.25, 0.3) is 0 Å². The summed E-state index contributed by atoms with van der Waals surface area (Å²) in [6.07, 6.45) is 1.76. The Morgan fingerprint density at radius 3 is 2.58 bits per heavy atom. The van der Waals surface area contributed by atoms with Crippen LogP contribution in [0.3, 0.4) is 0 Å². The highest BCUT2D eigenvalue weighted by atomic mass is 19.1. The topological polar surface area (TPSA) is 76.7 Å². The third-order valence-corrected chi connectivity index (χ3v) is 5.95. The lowest BCUT2D eigenvalue weighted by Crippen LogP contribution is -2.35. The van der Waals surface area contributed by atoms with Crippen molar-refractivity contribution in [3.8, 4) is 11.5 Å². The van der Waals surface area contributed by atoms with E-state index in [-0.39, 0.29) is 17.0 Å². The van der Waals surface area contributed by atoms with Gasteiger partial charge in [-0.1, -0.05) is 6.07 Å². The summed E-state index contributed by atoms with van der Waals surface area (Å²) < 4.78 is 38.4. The van der Waals surface area contributed by atoms with Crippen molar-refractivity contribution in [2.75, 3.05) is 19.5 Å². The Balaban J connectivity index is 1.84. The number of hydrogen-bond acceptors (Lipinski definition) is 5. The Bertz CT molecular complexity index is 1200. The molecule has 172 valence electrons. The van der Waals surface area contributed by atoms with Crippen molar-refractivity contribution in [1.29, 1.82) is 0 Å². The summed E-state index contributed by atoms with van der Waals surface area (Å²) in [6, 6.07) is 8.11. The summed E-state index contributed by atoms with van der Waals surface area (Å²) in [6.45, 7) is 1.74. The molecule has 2 aliphatic rings. The maximum absolute atomic E-state index is 14.2. The van der Waals surface area contributed by atoms with Crippen LogP contribution in [0.5, 0.6) is 11.5 Å². The summed E-state index contributed by atoms with van der Waals surface area (Å²) in [5.74, 6) is -2.00. The van der Waals surface area contributed by atoms with Crippen molar-refractivity contribution in [2.45, 2.75) is 32.1 Å². The molecule has 0 spiro atoms. The lowest BCUT2D eigenvalue weighted by molar-refractivity contribution is -0.116. The molecule has 4 rings (SSSR count). The zero-order chi connectivity index (χ0) is 23.7. The van der Waals surface area contributed by atoms with Crippen LogP contribution < -0.4 is 20.1 Å². The van der Waals surface area contributed by atoms with Crippen molar-refractivity contribution < 1.29 is 27.8 Å². The number of ether oxygens (including phenoxy) is 2. The third kappa shape index (κ3) is 4.20. The van der Waals surface area contributed by atoms with Gasteiger partial charge >= 0.3 is 0 Å². The number of amides is 1. The van der Waals surface area contributed by atoms with Crippen LogP contribution in [0.1, 0.15) is 37.7 Å². The van der Waals surface area contributed by atoms with Gasteiger partial charge in [-0.2, -0.15) is 0 Å². The normalized spacial score (nSPS) is 18.0. The van der Waals surface area contributed by atoms with E-state index in [1.165, 1.54) is 14.2 Å². The number of nitrogens with one attached hydrogen (secondary N) is 2. The molecule has 1 amide bonds. The fourth-order valence-corrected chi connectivity index (χ4v) is 4.43. The number of anilines is 1. The molecular weight excluding hydrogens is 430 g/mol. The maximum Gasteiger partial charge on any atom is 0.254 e. The van der Waals surface area contributed by atoms with Crippen LogP contribution >= 0.6 is 0 Å². The molecule has 8 heteroatoms. The standard InChI is InChI=1S/C25H24F2N2O4/c1-13-22(25(31)29-18-10-7-14(26)11-17(18)27)23(24-19(28-13)5-4-6-20(24)30)16-9-8-15(32-2)12-21(16)33-3/h7-12,23,28H,4-6H2,1-3H3,(H,29,31)/t23-/m0/s1. The zero-order valence-corrected chi connectivity index (χ0v) is 18.6. The first kappa shape index (κ1) is 22.5. The van der Waals surface area contributed by atoms with E-state index in [4.69, 9.17) is 9.47 Å². The monoisotopic (exact) mass is 454 g/mol. The van der Waals surface area contributed by atoms with Crippen LogP contribution in [0.4, 0.5) is 14.5 Å². The summed E-state index contributed by atoms with van der Waals surface area (Å²) >= 11 is 0. The largest absolute Gasteiger partial charge is 0.497 e. The number of allylic oxidation sites excluding steroid dienone is 3. The van der Waals surface area contributed by atoms with Crippen molar-refractivity contribution in [1.82, 2.24) is 5.32 Å². The molecule has 1 aliphatic heterocycles. The van der Waals surface area contributed by atoms with E-state index in [9.17, 15) is 18.4 Å². The molecule has 2 aromatic rings. The van der Waals surface area contributed by atoms with Gasteiger partial charge in [0.15, 0.2) is 5.78 Å². The van der Waals surface area contributed by atoms with E-state index in [2.05, 4.69) is 10.6 Å². The molecular formula is C25H24F2N2O4. The molecule has 0 unspecified atom stereocenters. The Morgan fingerprint density at radius 1 is 1.09 bits per heavy atom. The maximum atomic E-state index is 14.2. The highest BCUT2D eigenvalue weighted by Crippen LogP contribution is 2.46. The second kappa shape index (κ2) is 9.05. The van der Waals surface area contributed by atoms with Gasteiger partial charge in [0.05, 0.1) is 25.8 Å². The van der Waals surface area contributed by atoms with Gasteiger partial charge in [0.2, 0.25) is 0 Å². The van der Waals surface area contributed by atoms with Gasteiger partial charge in [-0.25, -0.2) is 8.78 Å². The number of hydrogen-bond donors (Lipinski definition) is 2. The lowest BCUT2D eigenvalue weighted by atomic mass is 9.74. The lowest BCUT2D eigenvalue weighted by Gasteiger charge is -2.35. The summed E-state index contributed by atoms with van der Waals surface area (Å²) in [5.41, 5.74) is 2.54. The van der Waals surface area contributed by atoms with E-state index in [0.717, 1.165) is 17.8 Å². The first-order valence-electron chi connectivity index (χ1n) is 10.6. The molecule has 33 heavy (non-hydrogen) atoms. The number of halogens is 2. The first-order chi connectivity index (χ1) is 15.8. The quantitative estimate of drug-likeness (QED) is 0.691. The van der Waals surface area contributed by atoms with E-state index < -0.39 is 23.5 Å². The molecule has 0 saturated heterocycles. The average Bonchev–Trinajstić information content (AvgIpc) is 2.79. The number of rotatable bonds is 5. The van der Waals surface area contributed by atoms with Gasteiger partial charge < -0.3 is 20.1 Å². The SMILES string of the molecule is COc1ccc([C@H]2C(C(=O)Nc3ccc(F)cc3F)=C(C)NC3=C2C(=O)CCC3)c(OC)c1. The molecule has 1 atom stereocenters. The van der Waals surface area contributed by atoms with Crippen LogP contribution in [0.15, 0.2) is 58.9 Å². The van der Waals surface area contributed by atoms with Crippen molar-refractivity contribution in [3.05, 3.63) is 76.1 Å². The van der Waals surface area contributed by atoms with E-state index >= 15 is 0 Å². The zero-order valence-electron chi connectivity index (χ0n) is 18.6. The molecule has 6 nitrogen and oxygen atoms in total. The van der Waals surface area contributed by atoms with E-state index in [1.807, 2.05) is 0 Å². The summed E-state index contributed by atoms with van der Waals surface area (Å²) in [4.78, 5) is 26.5. The van der Waals surface area contributed by atoms with Gasteiger partial charge in [-0.05, 0) is 38.0 Å². The van der Waals surface area contributed by atoms with Crippen LogP contribution in [-0.4, -0.2) is 25.9 Å². The van der Waals surface area contributed by atoms with Crippen molar-refractivity contribution >= 4 is 17.4 Å². The number of benzene rings is 2. The molecule has 0 aromatic heterocycles. The second-order valence-corrected chi connectivity index (χ2v) is 7.95. The molecule has 0 bridgehead atoms. The van der Waals surface area contributed by atoms with Crippen LogP contribution in [0, 0.1) is 11.6 Å². The molecule has 1 aliphatic carbocycles. The Morgan fingerprint density at radius 2 is 1.88 bits per heavy atom. The molecule has 0 radical (unpaired) electrons. The number of methoxy groups -OCH3 is 2. The van der Waals surface area contributed by atoms with Gasteiger partial charge in [0.1, 0.15) is 23.1 Å². The van der Waals surface area contributed by atoms with E-state index in [0.29, 0.717) is 53.7 Å². The summed E-state index contributed by atoms with van der Waals surface area (Å²) in [5, 5.41) is 5.74. The minimum atomic E-state index is -0.891. The summed E-state index contributed by atoms with van der Waals surface area (Å²) in [7, 11) is 3.03. The molecule has 2 aromatic carbocycles. The number of carbonyl (C=O) groups excluding carboxylic acids is 2. The number of ketones is 1. The van der Waals surface area contributed by atoms with Gasteiger partial charge in [0, 0.05) is 46.7 Å². The van der Waals surface area contributed by atoms with Gasteiger partial charge in [-0.15, -0.1) is 0 Å². The Labute approximate surface area is 190 Å². The minimum Gasteiger partial charge on any atom is -0.497 e. The molecule has 1 heterocycles. The number of dihydropyridines is 1. The highest BCUT2D eigenvalue weighted by molar-refractivity contribution is 6.10. The molecule has 0 fully saturated rings. The van der Waals surface area contributed by atoms with Crippen LogP contribution in [0.2, 0.25) is 0 Å². The Kier molecular flexibility index (Phi) is 6.18. The predicted octanol–water partition coefficient (Wildman–Crippen LogP) is 4.59. The third-order valence-electron chi connectivity index (χ3n) is 5.95.